The van der Waals surface area contributed by atoms with Gasteiger partial charge in [0.15, 0.2) is 0 Å². The summed E-state index contributed by atoms with van der Waals surface area (Å²) >= 11 is 5.58. The molecule has 0 amide bonds. The number of nitrogens with one attached hydrogen (secondary N) is 1. The molecule has 0 bridgehead atoms. The van der Waals surface area contributed by atoms with E-state index in [0.717, 1.165) is 25.4 Å². The van der Waals surface area contributed by atoms with E-state index in [1.54, 1.807) is 0 Å². The summed E-state index contributed by atoms with van der Waals surface area (Å²) in [5.74, 6) is 0.780. The van der Waals surface area contributed by atoms with E-state index in [1.807, 2.05) is 24.1 Å². The third-order valence-electron chi connectivity index (χ3n) is 2.07. The number of hydrogen-bond acceptors (Lipinski definition) is 2. The zero-order valence-electron chi connectivity index (χ0n) is 8.67. The van der Waals surface area contributed by atoms with E-state index in [-0.39, 0.29) is 0 Å². The first-order valence-corrected chi connectivity index (χ1v) is 5.60. The lowest BCUT2D eigenvalue weighted by Gasteiger charge is -2.01. The summed E-state index contributed by atoms with van der Waals surface area (Å²) in [5, 5.41) is 7.48. The Morgan fingerprint density at radius 3 is 2.93 bits per heavy atom. The van der Waals surface area contributed by atoms with Gasteiger partial charge in [0.25, 0.3) is 0 Å². The Hall–Kier alpha value is -0.540. The van der Waals surface area contributed by atoms with Gasteiger partial charge >= 0.3 is 0 Å². The van der Waals surface area contributed by atoms with Crippen LogP contribution in [-0.2, 0) is 13.6 Å². The first kappa shape index (κ1) is 11.5. The Morgan fingerprint density at radius 1 is 1.43 bits per heavy atom. The Balaban J connectivity index is 1.99. The fourth-order valence-corrected chi connectivity index (χ4v) is 1.51. The highest BCUT2D eigenvalue weighted by Crippen LogP contribution is 1.97. The summed E-state index contributed by atoms with van der Waals surface area (Å²) in [7, 11) is 1.93. The molecule has 1 N–H and O–H groups in total. The van der Waals surface area contributed by atoms with E-state index in [2.05, 4.69) is 10.4 Å². The molecule has 4 heteroatoms. The average Bonchev–Trinajstić information content (AvgIpc) is 2.58. The molecule has 0 unspecified atom stereocenters. The van der Waals surface area contributed by atoms with Gasteiger partial charge in [-0.15, -0.1) is 11.6 Å². The van der Waals surface area contributed by atoms with Gasteiger partial charge in [-0.2, -0.15) is 5.10 Å². The van der Waals surface area contributed by atoms with Gasteiger partial charge in [0.05, 0.1) is 6.20 Å². The number of aryl methyl sites for hydroxylation is 1. The Bertz CT molecular complexity index is 247. The van der Waals surface area contributed by atoms with Crippen LogP contribution in [0, 0.1) is 0 Å². The van der Waals surface area contributed by atoms with E-state index in [9.17, 15) is 0 Å². The Morgan fingerprint density at radius 2 is 2.29 bits per heavy atom. The fourth-order valence-electron chi connectivity index (χ4n) is 1.32. The van der Waals surface area contributed by atoms with Crippen LogP contribution in [0.25, 0.3) is 0 Å². The predicted molar refractivity (Wildman–Crippen MR) is 59.5 cm³/mol. The van der Waals surface area contributed by atoms with Crippen LogP contribution in [0.4, 0.5) is 0 Å². The lowest BCUT2D eigenvalue weighted by atomic mass is 10.2. The maximum atomic E-state index is 5.58. The van der Waals surface area contributed by atoms with Crippen molar-refractivity contribution >= 4 is 11.6 Å². The summed E-state index contributed by atoms with van der Waals surface area (Å²) < 4.78 is 1.82. The maximum Gasteiger partial charge on any atom is 0.0534 e. The second kappa shape index (κ2) is 6.85. The molecule has 0 spiro atoms. The molecule has 0 radical (unpaired) electrons. The second-order valence-corrected chi connectivity index (χ2v) is 3.83. The van der Waals surface area contributed by atoms with Gasteiger partial charge in [0, 0.05) is 31.2 Å². The van der Waals surface area contributed by atoms with E-state index in [1.165, 1.54) is 18.4 Å². The van der Waals surface area contributed by atoms with Gasteiger partial charge in [-0.05, 0) is 19.4 Å². The van der Waals surface area contributed by atoms with E-state index in [4.69, 9.17) is 11.6 Å². The van der Waals surface area contributed by atoms with E-state index >= 15 is 0 Å². The summed E-state index contributed by atoms with van der Waals surface area (Å²) in [4.78, 5) is 0. The highest BCUT2D eigenvalue weighted by Gasteiger charge is 1.94. The number of halogens is 1. The number of rotatable bonds is 7. The molecular weight excluding hydrogens is 198 g/mol. The van der Waals surface area contributed by atoms with Crippen LogP contribution in [0.5, 0.6) is 0 Å². The third kappa shape index (κ3) is 4.63. The monoisotopic (exact) mass is 215 g/mol. The van der Waals surface area contributed by atoms with Crippen LogP contribution in [0.1, 0.15) is 24.8 Å². The minimum absolute atomic E-state index is 0.780. The number of alkyl halides is 1. The Kier molecular flexibility index (Phi) is 5.64. The number of nitrogens with zero attached hydrogens (tertiary/aromatic N) is 2. The lowest BCUT2D eigenvalue weighted by Crippen LogP contribution is -2.14. The van der Waals surface area contributed by atoms with Crippen molar-refractivity contribution in [2.24, 2.45) is 7.05 Å². The lowest BCUT2D eigenvalue weighted by molar-refractivity contribution is 0.617. The SMILES string of the molecule is Cn1cc(CNCCCCCCl)cn1. The molecule has 0 saturated carbocycles. The van der Waals surface area contributed by atoms with Gasteiger partial charge in [0.1, 0.15) is 0 Å². The van der Waals surface area contributed by atoms with Crippen molar-refractivity contribution in [1.82, 2.24) is 15.1 Å². The number of hydrogen-bond donors (Lipinski definition) is 1. The molecule has 0 aliphatic carbocycles. The normalized spacial score (nSPS) is 10.7. The molecule has 1 aromatic rings. The zero-order chi connectivity index (χ0) is 10.2. The minimum Gasteiger partial charge on any atom is -0.313 e. The number of unbranched alkanes of at least 4 members (excludes halogenated alkanes) is 2. The molecule has 80 valence electrons. The van der Waals surface area contributed by atoms with Crippen LogP contribution in [0.2, 0.25) is 0 Å². The standard InChI is InChI=1S/C10H18ClN3/c1-14-9-10(8-13-14)7-12-6-4-2-3-5-11/h8-9,12H,2-7H2,1H3. The van der Waals surface area contributed by atoms with E-state index < -0.39 is 0 Å². The summed E-state index contributed by atoms with van der Waals surface area (Å²) in [5.41, 5.74) is 1.24. The maximum absolute atomic E-state index is 5.58. The molecule has 3 nitrogen and oxygen atoms in total. The average molecular weight is 216 g/mol. The first-order chi connectivity index (χ1) is 6.83. The van der Waals surface area contributed by atoms with E-state index in [0.29, 0.717) is 0 Å². The van der Waals surface area contributed by atoms with Crippen LogP contribution < -0.4 is 5.32 Å². The van der Waals surface area contributed by atoms with Gasteiger partial charge in [0.2, 0.25) is 0 Å². The zero-order valence-corrected chi connectivity index (χ0v) is 9.43. The van der Waals surface area contributed by atoms with Crippen molar-refractivity contribution < 1.29 is 0 Å². The highest BCUT2D eigenvalue weighted by molar-refractivity contribution is 6.17. The molecule has 1 rings (SSSR count). The van der Waals surface area contributed by atoms with Gasteiger partial charge < -0.3 is 5.32 Å². The van der Waals surface area contributed by atoms with Crippen molar-refractivity contribution in [3.05, 3.63) is 18.0 Å². The van der Waals surface area contributed by atoms with Gasteiger partial charge in [-0.25, -0.2) is 0 Å². The third-order valence-corrected chi connectivity index (χ3v) is 2.34. The molecule has 0 aliphatic heterocycles. The molecule has 0 aromatic carbocycles. The van der Waals surface area contributed by atoms with Crippen molar-refractivity contribution in [1.29, 1.82) is 0 Å². The highest BCUT2D eigenvalue weighted by atomic mass is 35.5. The molecule has 0 fully saturated rings. The topological polar surface area (TPSA) is 29.9 Å². The van der Waals surface area contributed by atoms with Gasteiger partial charge in [-0.1, -0.05) is 6.42 Å². The first-order valence-electron chi connectivity index (χ1n) is 5.07. The second-order valence-electron chi connectivity index (χ2n) is 3.45. The molecule has 1 aromatic heterocycles. The molecule has 0 atom stereocenters. The molecule has 1 heterocycles. The largest absolute Gasteiger partial charge is 0.313 e. The minimum atomic E-state index is 0.780. The van der Waals surface area contributed by atoms with Crippen molar-refractivity contribution in [2.45, 2.75) is 25.8 Å². The Labute approximate surface area is 90.4 Å². The van der Waals surface area contributed by atoms with Crippen LogP contribution in [-0.4, -0.2) is 22.2 Å². The van der Waals surface area contributed by atoms with Crippen LogP contribution in [0.15, 0.2) is 12.4 Å². The summed E-state index contributed by atoms with van der Waals surface area (Å²) in [6, 6.07) is 0. The van der Waals surface area contributed by atoms with Crippen molar-refractivity contribution in [2.75, 3.05) is 12.4 Å². The van der Waals surface area contributed by atoms with Crippen molar-refractivity contribution in [3.63, 3.8) is 0 Å². The summed E-state index contributed by atoms with van der Waals surface area (Å²) in [6.45, 7) is 1.97. The molecule has 14 heavy (non-hydrogen) atoms. The fraction of sp³-hybridized carbons (Fsp3) is 0.700. The molecule has 0 aliphatic rings. The quantitative estimate of drug-likeness (QED) is 0.557. The van der Waals surface area contributed by atoms with Crippen molar-refractivity contribution in [3.8, 4) is 0 Å². The van der Waals surface area contributed by atoms with Crippen LogP contribution >= 0.6 is 11.6 Å². The van der Waals surface area contributed by atoms with Crippen LogP contribution in [0.3, 0.4) is 0 Å². The summed E-state index contributed by atoms with van der Waals surface area (Å²) in [6.07, 6.45) is 7.46. The smallest absolute Gasteiger partial charge is 0.0534 e. The van der Waals surface area contributed by atoms with Gasteiger partial charge in [-0.3, -0.25) is 4.68 Å². The predicted octanol–water partition coefficient (Wildman–Crippen LogP) is 1.92. The molecule has 0 saturated heterocycles. The number of aromatic nitrogens is 2. The molecular formula is C10H18ClN3.